The van der Waals surface area contributed by atoms with E-state index in [2.05, 4.69) is 44.5 Å². The maximum Gasteiger partial charge on any atom is 0.138 e. The van der Waals surface area contributed by atoms with E-state index in [1.807, 2.05) is 12.3 Å². The van der Waals surface area contributed by atoms with Gasteiger partial charge in [0.25, 0.3) is 0 Å². The molecule has 0 amide bonds. The van der Waals surface area contributed by atoms with Gasteiger partial charge in [0.1, 0.15) is 5.65 Å². The van der Waals surface area contributed by atoms with Gasteiger partial charge in [0.15, 0.2) is 0 Å². The molecule has 0 unspecified atom stereocenters. The van der Waals surface area contributed by atoms with Crippen molar-refractivity contribution in [2.24, 2.45) is 0 Å². The molecule has 1 saturated heterocycles. The summed E-state index contributed by atoms with van der Waals surface area (Å²) in [5, 5.41) is 5.89. The van der Waals surface area contributed by atoms with Crippen LogP contribution in [-0.2, 0) is 6.54 Å². The van der Waals surface area contributed by atoms with Crippen LogP contribution in [0.5, 0.6) is 0 Å². The SMILES string of the molecule is c1cnc2[nH]c3ccc(CN4CCNCC4)cc3c2c1. The molecule has 0 radical (unpaired) electrons. The highest BCUT2D eigenvalue weighted by atomic mass is 15.2. The van der Waals surface area contributed by atoms with Crippen LogP contribution in [-0.4, -0.2) is 41.0 Å². The largest absolute Gasteiger partial charge is 0.339 e. The molecule has 0 aliphatic carbocycles. The van der Waals surface area contributed by atoms with Crippen molar-refractivity contribution in [1.29, 1.82) is 0 Å². The van der Waals surface area contributed by atoms with Gasteiger partial charge in [0.05, 0.1) is 0 Å². The van der Waals surface area contributed by atoms with E-state index in [0.29, 0.717) is 0 Å². The molecule has 4 rings (SSSR count). The van der Waals surface area contributed by atoms with Gasteiger partial charge in [-0.3, -0.25) is 4.90 Å². The van der Waals surface area contributed by atoms with Gasteiger partial charge in [-0.2, -0.15) is 0 Å². The Bertz CT molecular complexity index is 740. The summed E-state index contributed by atoms with van der Waals surface area (Å²) < 4.78 is 0. The van der Waals surface area contributed by atoms with Gasteiger partial charge < -0.3 is 10.3 Å². The number of hydrogen-bond donors (Lipinski definition) is 2. The minimum absolute atomic E-state index is 0.974. The zero-order valence-corrected chi connectivity index (χ0v) is 11.4. The summed E-state index contributed by atoms with van der Waals surface area (Å²) in [6.07, 6.45) is 1.83. The van der Waals surface area contributed by atoms with Gasteiger partial charge in [-0.25, -0.2) is 4.98 Å². The molecular formula is C16H18N4. The topological polar surface area (TPSA) is 44.0 Å². The van der Waals surface area contributed by atoms with E-state index in [4.69, 9.17) is 0 Å². The van der Waals surface area contributed by atoms with E-state index in [1.54, 1.807) is 0 Å². The lowest BCUT2D eigenvalue weighted by Crippen LogP contribution is -2.42. The summed E-state index contributed by atoms with van der Waals surface area (Å²) in [5.74, 6) is 0. The molecule has 1 aliphatic rings. The Morgan fingerprint density at radius 2 is 2.00 bits per heavy atom. The Morgan fingerprint density at radius 3 is 2.90 bits per heavy atom. The highest BCUT2D eigenvalue weighted by Gasteiger charge is 2.11. The van der Waals surface area contributed by atoms with E-state index in [-0.39, 0.29) is 0 Å². The molecule has 4 nitrogen and oxygen atoms in total. The van der Waals surface area contributed by atoms with Crippen molar-refractivity contribution in [3.63, 3.8) is 0 Å². The Morgan fingerprint density at radius 1 is 1.10 bits per heavy atom. The molecule has 4 heteroatoms. The Balaban J connectivity index is 1.71. The molecule has 3 heterocycles. The minimum atomic E-state index is 0.974. The van der Waals surface area contributed by atoms with Gasteiger partial charge >= 0.3 is 0 Å². The fraction of sp³-hybridized carbons (Fsp3) is 0.312. The standard InChI is InChI=1S/C16H18N4/c1-2-13-14-10-12(11-20-8-6-17-7-9-20)3-4-15(14)19-16(13)18-5-1/h1-5,10,17H,6-9,11H2,(H,18,19). The average molecular weight is 266 g/mol. The number of H-pyrrole nitrogens is 1. The molecule has 2 aromatic heterocycles. The minimum Gasteiger partial charge on any atom is -0.339 e. The molecule has 1 fully saturated rings. The molecule has 0 atom stereocenters. The molecule has 0 bridgehead atoms. The summed E-state index contributed by atoms with van der Waals surface area (Å²) >= 11 is 0. The van der Waals surface area contributed by atoms with E-state index < -0.39 is 0 Å². The van der Waals surface area contributed by atoms with Gasteiger partial charge in [-0.1, -0.05) is 6.07 Å². The number of aromatic amines is 1. The maximum absolute atomic E-state index is 4.39. The summed E-state index contributed by atoms with van der Waals surface area (Å²) in [6, 6.07) is 10.8. The van der Waals surface area contributed by atoms with Crippen LogP contribution in [0.25, 0.3) is 21.9 Å². The second-order valence-corrected chi connectivity index (χ2v) is 5.43. The van der Waals surface area contributed by atoms with Crippen molar-refractivity contribution in [1.82, 2.24) is 20.2 Å². The third kappa shape index (κ3) is 2.07. The smallest absolute Gasteiger partial charge is 0.138 e. The number of pyridine rings is 1. The van der Waals surface area contributed by atoms with Crippen LogP contribution < -0.4 is 5.32 Å². The molecule has 0 spiro atoms. The summed E-state index contributed by atoms with van der Waals surface area (Å²) in [5.41, 5.74) is 3.52. The maximum atomic E-state index is 4.39. The normalized spacial score (nSPS) is 17.0. The second kappa shape index (κ2) is 4.89. The Labute approximate surface area is 117 Å². The van der Waals surface area contributed by atoms with Crippen LogP contribution >= 0.6 is 0 Å². The number of piperazine rings is 1. The lowest BCUT2D eigenvalue weighted by molar-refractivity contribution is 0.233. The molecule has 20 heavy (non-hydrogen) atoms. The molecule has 102 valence electrons. The first-order chi connectivity index (χ1) is 9.90. The fourth-order valence-electron chi connectivity index (χ4n) is 3.00. The lowest BCUT2D eigenvalue weighted by atomic mass is 10.1. The summed E-state index contributed by atoms with van der Waals surface area (Å²) in [4.78, 5) is 10.3. The van der Waals surface area contributed by atoms with Gasteiger partial charge in [-0.15, -0.1) is 0 Å². The number of nitrogens with one attached hydrogen (secondary N) is 2. The van der Waals surface area contributed by atoms with Gasteiger partial charge in [0, 0.05) is 55.2 Å². The first kappa shape index (κ1) is 11.9. The first-order valence-corrected chi connectivity index (χ1v) is 7.18. The van der Waals surface area contributed by atoms with Crippen molar-refractivity contribution in [2.75, 3.05) is 26.2 Å². The molecular weight excluding hydrogens is 248 g/mol. The highest BCUT2D eigenvalue weighted by Crippen LogP contribution is 2.25. The predicted molar refractivity (Wildman–Crippen MR) is 81.7 cm³/mol. The van der Waals surface area contributed by atoms with Crippen molar-refractivity contribution in [2.45, 2.75) is 6.54 Å². The van der Waals surface area contributed by atoms with Crippen LogP contribution in [0.1, 0.15) is 5.56 Å². The van der Waals surface area contributed by atoms with Crippen LogP contribution in [0.15, 0.2) is 36.5 Å². The van der Waals surface area contributed by atoms with E-state index >= 15 is 0 Å². The molecule has 3 aromatic rings. The number of benzene rings is 1. The second-order valence-electron chi connectivity index (χ2n) is 5.43. The fourth-order valence-corrected chi connectivity index (χ4v) is 3.00. The van der Waals surface area contributed by atoms with Crippen molar-refractivity contribution >= 4 is 21.9 Å². The Kier molecular flexibility index (Phi) is 2.90. The third-order valence-corrected chi connectivity index (χ3v) is 4.05. The number of nitrogens with zero attached hydrogens (tertiary/aromatic N) is 2. The van der Waals surface area contributed by atoms with Crippen molar-refractivity contribution < 1.29 is 0 Å². The molecule has 1 aromatic carbocycles. The van der Waals surface area contributed by atoms with Crippen molar-refractivity contribution in [3.8, 4) is 0 Å². The van der Waals surface area contributed by atoms with Crippen molar-refractivity contribution in [3.05, 3.63) is 42.1 Å². The van der Waals surface area contributed by atoms with Gasteiger partial charge in [0.2, 0.25) is 0 Å². The van der Waals surface area contributed by atoms with E-state index in [0.717, 1.165) is 38.4 Å². The first-order valence-electron chi connectivity index (χ1n) is 7.18. The molecule has 0 saturated carbocycles. The lowest BCUT2D eigenvalue weighted by Gasteiger charge is -2.27. The van der Waals surface area contributed by atoms with Gasteiger partial charge in [-0.05, 0) is 29.8 Å². The monoisotopic (exact) mass is 266 g/mol. The number of aromatic nitrogens is 2. The van der Waals surface area contributed by atoms with Crippen LogP contribution in [0, 0.1) is 0 Å². The third-order valence-electron chi connectivity index (χ3n) is 4.05. The van der Waals surface area contributed by atoms with E-state index in [1.165, 1.54) is 21.9 Å². The highest BCUT2D eigenvalue weighted by molar-refractivity contribution is 6.05. The zero-order valence-electron chi connectivity index (χ0n) is 11.4. The van der Waals surface area contributed by atoms with E-state index in [9.17, 15) is 0 Å². The summed E-state index contributed by atoms with van der Waals surface area (Å²) in [6.45, 7) is 5.49. The van der Waals surface area contributed by atoms with Crippen LogP contribution in [0.2, 0.25) is 0 Å². The average Bonchev–Trinajstić information content (AvgIpc) is 2.86. The van der Waals surface area contributed by atoms with Crippen LogP contribution in [0.4, 0.5) is 0 Å². The van der Waals surface area contributed by atoms with Crippen LogP contribution in [0.3, 0.4) is 0 Å². The number of fused-ring (bicyclic) bond motifs is 3. The quantitative estimate of drug-likeness (QED) is 0.747. The number of hydrogen-bond acceptors (Lipinski definition) is 3. The molecule has 1 aliphatic heterocycles. The molecule has 2 N–H and O–H groups in total. The predicted octanol–water partition coefficient (Wildman–Crippen LogP) is 2.12. The summed E-state index contributed by atoms with van der Waals surface area (Å²) in [7, 11) is 0. The Hall–Kier alpha value is -1.91. The zero-order chi connectivity index (χ0) is 13.4. The number of rotatable bonds is 2.